The van der Waals surface area contributed by atoms with Crippen LogP contribution in [0.15, 0.2) is 12.1 Å². The molecule has 0 spiro atoms. The van der Waals surface area contributed by atoms with Crippen molar-refractivity contribution in [3.05, 3.63) is 29.3 Å². The van der Waals surface area contributed by atoms with Gasteiger partial charge < -0.3 is 14.7 Å². The number of rotatable bonds is 2. The van der Waals surface area contributed by atoms with Crippen molar-refractivity contribution in [2.75, 3.05) is 31.3 Å². The minimum absolute atomic E-state index is 0.0671. The zero-order valence-corrected chi connectivity index (χ0v) is 9.57. The lowest BCUT2D eigenvalue weighted by Gasteiger charge is -2.36. The Morgan fingerprint density at radius 1 is 1.44 bits per heavy atom. The number of hydrogen-bond donors (Lipinski definition) is 1. The highest BCUT2D eigenvalue weighted by Gasteiger charge is 2.27. The Kier molecular flexibility index (Phi) is 3.75. The number of benzene rings is 1. The molecule has 0 amide bonds. The van der Waals surface area contributed by atoms with E-state index >= 15 is 0 Å². The smallest absolute Gasteiger partial charge is 0.150 e. The first-order valence-corrected chi connectivity index (χ1v) is 5.51. The lowest BCUT2D eigenvalue weighted by atomic mass is 10.1. The molecule has 2 rings (SSSR count). The first-order valence-electron chi connectivity index (χ1n) is 5.51. The quantitative estimate of drug-likeness (QED) is 0.856. The minimum atomic E-state index is -0.799. The van der Waals surface area contributed by atoms with Gasteiger partial charge in [-0.1, -0.05) is 0 Å². The van der Waals surface area contributed by atoms with Gasteiger partial charge in [-0.15, -0.1) is 0 Å². The monoisotopic (exact) mass is 254 g/mol. The van der Waals surface area contributed by atoms with Crippen LogP contribution in [-0.2, 0) is 4.74 Å². The predicted molar refractivity (Wildman–Crippen MR) is 60.1 cm³/mol. The lowest BCUT2D eigenvalue weighted by Crippen LogP contribution is -2.48. The number of anilines is 1. The number of nitriles is 1. The van der Waals surface area contributed by atoms with Gasteiger partial charge in [-0.05, 0) is 12.1 Å². The lowest BCUT2D eigenvalue weighted by molar-refractivity contribution is 0.0720. The molecule has 0 bridgehead atoms. The summed E-state index contributed by atoms with van der Waals surface area (Å²) < 4.78 is 32.8. The van der Waals surface area contributed by atoms with E-state index < -0.39 is 17.7 Å². The van der Waals surface area contributed by atoms with Gasteiger partial charge in [0.1, 0.15) is 5.69 Å². The normalized spacial score (nSPS) is 19.7. The standard InChI is InChI=1S/C12H12F2N2O2/c13-10-3-8(5-15)4-11(14)12(10)16-1-2-18-7-9(16)6-17/h3-4,9,17H,1-2,6-7H2. The van der Waals surface area contributed by atoms with E-state index in [1.165, 1.54) is 4.90 Å². The molecule has 18 heavy (non-hydrogen) atoms. The molecule has 1 atom stereocenters. The van der Waals surface area contributed by atoms with Gasteiger partial charge in [0.05, 0.1) is 37.5 Å². The summed E-state index contributed by atoms with van der Waals surface area (Å²) in [5, 5.41) is 17.8. The average Bonchev–Trinajstić information content (AvgIpc) is 2.38. The van der Waals surface area contributed by atoms with Crippen molar-refractivity contribution in [2.24, 2.45) is 0 Å². The van der Waals surface area contributed by atoms with Gasteiger partial charge in [0.15, 0.2) is 11.6 Å². The summed E-state index contributed by atoms with van der Waals surface area (Å²) in [5.74, 6) is -1.60. The Morgan fingerprint density at radius 3 is 2.67 bits per heavy atom. The van der Waals surface area contributed by atoms with Gasteiger partial charge >= 0.3 is 0 Å². The Balaban J connectivity index is 2.40. The molecule has 1 aromatic carbocycles. The van der Waals surface area contributed by atoms with E-state index in [1.807, 2.05) is 0 Å². The van der Waals surface area contributed by atoms with Crippen LogP contribution in [0.5, 0.6) is 0 Å². The van der Waals surface area contributed by atoms with Crippen molar-refractivity contribution < 1.29 is 18.6 Å². The first kappa shape index (κ1) is 12.7. The van der Waals surface area contributed by atoms with Crippen molar-refractivity contribution in [3.8, 4) is 6.07 Å². The Morgan fingerprint density at radius 2 is 2.11 bits per heavy atom. The Labute approximate surface area is 103 Å². The van der Waals surface area contributed by atoms with Gasteiger partial charge in [-0.2, -0.15) is 5.26 Å². The summed E-state index contributed by atoms with van der Waals surface area (Å²) in [6.07, 6.45) is 0. The molecule has 1 aromatic rings. The van der Waals surface area contributed by atoms with Crippen LogP contribution in [-0.4, -0.2) is 37.5 Å². The predicted octanol–water partition coefficient (Wildman–Crippen LogP) is 1.03. The van der Waals surface area contributed by atoms with Gasteiger partial charge in [0.25, 0.3) is 0 Å². The van der Waals surface area contributed by atoms with E-state index in [9.17, 15) is 13.9 Å². The number of nitrogens with zero attached hydrogens (tertiary/aromatic N) is 2. The van der Waals surface area contributed by atoms with Crippen LogP contribution in [0.1, 0.15) is 5.56 Å². The molecule has 1 aliphatic rings. The van der Waals surface area contributed by atoms with Crippen LogP contribution in [0.3, 0.4) is 0 Å². The maximum Gasteiger partial charge on any atom is 0.150 e. The fraction of sp³-hybridized carbons (Fsp3) is 0.417. The van der Waals surface area contributed by atoms with Gasteiger partial charge in [0, 0.05) is 6.54 Å². The van der Waals surface area contributed by atoms with Gasteiger partial charge in [0.2, 0.25) is 0 Å². The summed E-state index contributed by atoms with van der Waals surface area (Å²) in [6.45, 7) is 0.606. The van der Waals surface area contributed by atoms with E-state index in [1.54, 1.807) is 6.07 Å². The molecule has 0 saturated carbocycles. The average molecular weight is 254 g/mol. The molecule has 0 radical (unpaired) electrons. The molecular formula is C12H12F2N2O2. The number of halogens is 2. The van der Waals surface area contributed by atoms with Crippen molar-refractivity contribution in [1.82, 2.24) is 0 Å². The first-order chi connectivity index (χ1) is 8.67. The molecule has 0 aromatic heterocycles. The number of ether oxygens (including phenoxy) is 1. The van der Waals surface area contributed by atoms with Gasteiger partial charge in [-0.3, -0.25) is 0 Å². The number of hydrogen-bond acceptors (Lipinski definition) is 4. The molecule has 6 heteroatoms. The maximum absolute atomic E-state index is 13.8. The number of morpholine rings is 1. The Bertz CT molecular complexity index is 464. The summed E-state index contributed by atoms with van der Waals surface area (Å²) in [5.41, 5.74) is -0.279. The van der Waals surface area contributed by atoms with Crippen molar-refractivity contribution in [1.29, 1.82) is 5.26 Å². The minimum Gasteiger partial charge on any atom is -0.394 e. The van der Waals surface area contributed by atoms with E-state index in [4.69, 9.17) is 10.00 Å². The highest BCUT2D eigenvalue weighted by molar-refractivity contribution is 5.53. The molecular weight excluding hydrogens is 242 g/mol. The summed E-state index contributed by atoms with van der Waals surface area (Å²) >= 11 is 0. The fourth-order valence-corrected chi connectivity index (χ4v) is 2.00. The zero-order valence-electron chi connectivity index (χ0n) is 9.57. The van der Waals surface area contributed by atoms with Crippen LogP contribution in [0, 0.1) is 23.0 Å². The van der Waals surface area contributed by atoms with Crippen LogP contribution >= 0.6 is 0 Å². The second-order valence-electron chi connectivity index (χ2n) is 4.01. The molecule has 4 nitrogen and oxygen atoms in total. The maximum atomic E-state index is 13.8. The summed E-state index contributed by atoms with van der Waals surface area (Å²) in [4.78, 5) is 1.44. The highest BCUT2D eigenvalue weighted by atomic mass is 19.1. The van der Waals surface area contributed by atoms with Crippen LogP contribution in [0.4, 0.5) is 14.5 Å². The van der Waals surface area contributed by atoms with Crippen LogP contribution < -0.4 is 4.90 Å². The molecule has 1 unspecified atom stereocenters. The summed E-state index contributed by atoms with van der Waals surface area (Å²) in [6, 6.07) is 3.19. The van der Waals surface area contributed by atoms with E-state index in [0.29, 0.717) is 13.2 Å². The molecule has 0 aliphatic carbocycles. The third kappa shape index (κ3) is 2.28. The SMILES string of the molecule is N#Cc1cc(F)c(N2CCOCC2CO)c(F)c1. The molecule has 1 saturated heterocycles. The summed E-state index contributed by atoms with van der Waals surface area (Å²) in [7, 11) is 0. The van der Waals surface area contributed by atoms with Crippen molar-refractivity contribution in [3.63, 3.8) is 0 Å². The van der Waals surface area contributed by atoms with Crippen LogP contribution in [0.2, 0.25) is 0 Å². The second kappa shape index (κ2) is 5.29. The zero-order chi connectivity index (χ0) is 13.1. The van der Waals surface area contributed by atoms with Crippen LogP contribution in [0.25, 0.3) is 0 Å². The fourth-order valence-electron chi connectivity index (χ4n) is 2.00. The largest absolute Gasteiger partial charge is 0.394 e. The van der Waals surface area contributed by atoms with E-state index in [0.717, 1.165) is 12.1 Å². The molecule has 96 valence electrons. The van der Waals surface area contributed by atoms with E-state index in [2.05, 4.69) is 0 Å². The molecule has 1 fully saturated rings. The van der Waals surface area contributed by atoms with Crippen molar-refractivity contribution >= 4 is 5.69 Å². The van der Waals surface area contributed by atoms with Crippen molar-refractivity contribution in [2.45, 2.75) is 6.04 Å². The second-order valence-corrected chi connectivity index (χ2v) is 4.01. The molecule has 1 N–H and O–H groups in total. The molecule has 1 aliphatic heterocycles. The number of aliphatic hydroxyl groups is 1. The Hall–Kier alpha value is -1.71. The molecule has 1 heterocycles. The van der Waals surface area contributed by atoms with E-state index in [-0.39, 0.29) is 24.5 Å². The third-order valence-electron chi connectivity index (χ3n) is 2.87. The highest BCUT2D eigenvalue weighted by Crippen LogP contribution is 2.27. The topological polar surface area (TPSA) is 56.5 Å². The van der Waals surface area contributed by atoms with Gasteiger partial charge in [-0.25, -0.2) is 8.78 Å². The number of aliphatic hydroxyl groups excluding tert-OH is 1. The third-order valence-corrected chi connectivity index (χ3v) is 2.87.